The Balaban J connectivity index is 2.82. The summed E-state index contributed by atoms with van der Waals surface area (Å²) in [5, 5.41) is 0. The minimum Gasteiger partial charge on any atom is -0.383 e. The highest BCUT2D eigenvalue weighted by molar-refractivity contribution is 5.94. The summed E-state index contributed by atoms with van der Waals surface area (Å²) < 4.78 is 5.09. The van der Waals surface area contributed by atoms with Gasteiger partial charge in [-0.05, 0) is 38.1 Å². The van der Waals surface area contributed by atoms with Crippen LogP contribution < -0.4 is 11.3 Å². The van der Waals surface area contributed by atoms with Crippen LogP contribution in [0.2, 0.25) is 0 Å². The van der Waals surface area contributed by atoms with Crippen LogP contribution in [0, 0.1) is 0 Å². The Bertz CT molecular complexity index is 378. The Hall–Kier alpha value is -1.59. The number of amides is 1. The highest BCUT2D eigenvalue weighted by Gasteiger charge is 2.19. The molecule has 1 aromatic rings. The van der Waals surface area contributed by atoms with Crippen LogP contribution in [0.1, 0.15) is 24.2 Å². The van der Waals surface area contributed by atoms with Gasteiger partial charge in [0, 0.05) is 24.9 Å². The average molecular weight is 251 g/mol. The number of ether oxygens (including phenoxy) is 1. The molecule has 5 heteroatoms. The maximum absolute atomic E-state index is 12.3. The van der Waals surface area contributed by atoms with Gasteiger partial charge < -0.3 is 15.1 Å². The molecular formula is C13H21N3O2. The van der Waals surface area contributed by atoms with Crippen LogP contribution in [0.5, 0.6) is 0 Å². The lowest BCUT2D eigenvalue weighted by Gasteiger charge is -2.27. The molecule has 5 nitrogen and oxygen atoms in total. The summed E-state index contributed by atoms with van der Waals surface area (Å²) in [6.45, 7) is 5.11. The van der Waals surface area contributed by atoms with E-state index in [2.05, 4.69) is 5.43 Å². The van der Waals surface area contributed by atoms with E-state index in [1.165, 1.54) is 0 Å². The lowest BCUT2D eigenvalue weighted by atomic mass is 10.1. The zero-order valence-corrected chi connectivity index (χ0v) is 11.1. The predicted molar refractivity (Wildman–Crippen MR) is 72.3 cm³/mol. The second kappa shape index (κ2) is 6.98. The fourth-order valence-electron chi connectivity index (χ4n) is 1.86. The molecule has 100 valence electrons. The minimum absolute atomic E-state index is 0.00521. The summed E-state index contributed by atoms with van der Waals surface area (Å²) in [6.07, 6.45) is 0. The van der Waals surface area contributed by atoms with Gasteiger partial charge in [-0.15, -0.1) is 0 Å². The van der Waals surface area contributed by atoms with Crippen LogP contribution in [0.3, 0.4) is 0 Å². The molecule has 18 heavy (non-hydrogen) atoms. The third kappa shape index (κ3) is 3.45. The van der Waals surface area contributed by atoms with Crippen molar-refractivity contribution in [2.24, 2.45) is 5.84 Å². The first kappa shape index (κ1) is 14.5. The number of likely N-dealkylation sites (N-methyl/N-ethyl adjacent to an activating group) is 1. The molecule has 0 spiro atoms. The Kier molecular flexibility index (Phi) is 5.61. The molecule has 1 unspecified atom stereocenters. The van der Waals surface area contributed by atoms with Crippen molar-refractivity contribution in [2.75, 3.05) is 25.7 Å². The van der Waals surface area contributed by atoms with E-state index in [0.29, 0.717) is 18.7 Å². The fourth-order valence-corrected chi connectivity index (χ4v) is 1.86. The van der Waals surface area contributed by atoms with Crippen LogP contribution in [-0.2, 0) is 4.74 Å². The van der Waals surface area contributed by atoms with E-state index in [9.17, 15) is 4.79 Å². The number of rotatable bonds is 6. The Morgan fingerprint density at radius 1 is 1.44 bits per heavy atom. The number of nitrogens with zero attached hydrogens (tertiary/aromatic N) is 1. The van der Waals surface area contributed by atoms with Gasteiger partial charge in [-0.25, -0.2) is 0 Å². The van der Waals surface area contributed by atoms with E-state index in [1.54, 1.807) is 36.3 Å². The summed E-state index contributed by atoms with van der Waals surface area (Å²) >= 11 is 0. The summed E-state index contributed by atoms with van der Waals surface area (Å²) in [6, 6.07) is 7.14. The molecule has 0 saturated carbocycles. The quantitative estimate of drug-likeness (QED) is 0.593. The molecule has 3 N–H and O–H groups in total. The Labute approximate surface area is 108 Å². The summed E-state index contributed by atoms with van der Waals surface area (Å²) in [5.41, 5.74) is 3.96. The van der Waals surface area contributed by atoms with E-state index in [4.69, 9.17) is 10.6 Å². The van der Waals surface area contributed by atoms with Crippen molar-refractivity contribution in [3.8, 4) is 0 Å². The van der Waals surface area contributed by atoms with Crippen molar-refractivity contribution in [1.82, 2.24) is 4.90 Å². The first-order valence-electron chi connectivity index (χ1n) is 6.00. The smallest absolute Gasteiger partial charge is 0.254 e. The summed E-state index contributed by atoms with van der Waals surface area (Å²) in [7, 11) is 1.64. The van der Waals surface area contributed by atoms with E-state index in [-0.39, 0.29) is 11.9 Å². The number of carbonyl (C=O) groups excluding carboxylic acids is 1. The SMILES string of the molecule is CCN(C(=O)c1ccc(NN)cc1)C(C)COC. The third-order valence-electron chi connectivity index (χ3n) is 2.84. The zero-order valence-electron chi connectivity index (χ0n) is 11.1. The number of nitrogen functional groups attached to an aromatic ring is 1. The van der Waals surface area contributed by atoms with Crippen molar-refractivity contribution in [3.05, 3.63) is 29.8 Å². The van der Waals surface area contributed by atoms with Crippen molar-refractivity contribution >= 4 is 11.6 Å². The number of methoxy groups -OCH3 is 1. The fraction of sp³-hybridized carbons (Fsp3) is 0.462. The number of hydrazine groups is 1. The van der Waals surface area contributed by atoms with E-state index in [1.807, 2.05) is 13.8 Å². The van der Waals surface area contributed by atoms with Crippen LogP contribution in [0.4, 0.5) is 5.69 Å². The van der Waals surface area contributed by atoms with E-state index in [0.717, 1.165) is 5.69 Å². The van der Waals surface area contributed by atoms with E-state index >= 15 is 0 Å². The molecule has 0 radical (unpaired) electrons. The molecule has 0 fully saturated rings. The predicted octanol–water partition coefficient (Wildman–Crippen LogP) is 1.47. The molecule has 1 rings (SSSR count). The average Bonchev–Trinajstić information content (AvgIpc) is 2.40. The van der Waals surface area contributed by atoms with Gasteiger partial charge in [-0.3, -0.25) is 10.6 Å². The molecule has 1 atom stereocenters. The zero-order chi connectivity index (χ0) is 13.5. The maximum Gasteiger partial charge on any atom is 0.254 e. The largest absolute Gasteiger partial charge is 0.383 e. The molecule has 0 aliphatic carbocycles. The minimum atomic E-state index is 0.00521. The van der Waals surface area contributed by atoms with Crippen LogP contribution in [-0.4, -0.2) is 37.1 Å². The number of carbonyl (C=O) groups is 1. The maximum atomic E-state index is 12.3. The molecule has 0 aliphatic heterocycles. The number of hydrogen-bond acceptors (Lipinski definition) is 4. The first-order valence-corrected chi connectivity index (χ1v) is 6.00. The van der Waals surface area contributed by atoms with Crippen molar-refractivity contribution < 1.29 is 9.53 Å². The molecule has 1 amide bonds. The first-order chi connectivity index (χ1) is 8.63. The third-order valence-corrected chi connectivity index (χ3v) is 2.84. The second-order valence-corrected chi connectivity index (χ2v) is 4.12. The second-order valence-electron chi connectivity index (χ2n) is 4.12. The number of hydrogen-bond donors (Lipinski definition) is 2. The normalized spacial score (nSPS) is 12.0. The van der Waals surface area contributed by atoms with E-state index < -0.39 is 0 Å². The standard InChI is InChI=1S/C13H21N3O2/c1-4-16(10(2)9-18-3)13(17)11-5-7-12(15-14)8-6-11/h5-8,10,15H,4,9,14H2,1-3H3. The van der Waals surface area contributed by atoms with Crippen LogP contribution in [0.25, 0.3) is 0 Å². The topological polar surface area (TPSA) is 67.6 Å². The lowest BCUT2D eigenvalue weighted by molar-refractivity contribution is 0.0579. The molecule has 0 heterocycles. The van der Waals surface area contributed by atoms with Gasteiger partial charge in [0.15, 0.2) is 0 Å². The lowest BCUT2D eigenvalue weighted by Crippen LogP contribution is -2.40. The Morgan fingerprint density at radius 2 is 2.06 bits per heavy atom. The van der Waals surface area contributed by atoms with Crippen LogP contribution >= 0.6 is 0 Å². The highest BCUT2D eigenvalue weighted by Crippen LogP contribution is 2.12. The van der Waals surface area contributed by atoms with Gasteiger partial charge in [0.1, 0.15) is 0 Å². The number of benzene rings is 1. The van der Waals surface area contributed by atoms with Gasteiger partial charge in [0.05, 0.1) is 12.6 Å². The molecular weight excluding hydrogens is 230 g/mol. The monoisotopic (exact) mass is 251 g/mol. The number of nitrogens with two attached hydrogens (primary N) is 1. The van der Waals surface area contributed by atoms with Gasteiger partial charge >= 0.3 is 0 Å². The summed E-state index contributed by atoms with van der Waals surface area (Å²) in [5.74, 6) is 5.29. The van der Waals surface area contributed by atoms with Crippen molar-refractivity contribution in [2.45, 2.75) is 19.9 Å². The number of anilines is 1. The van der Waals surface area contributed by atoms with Crippen molar-refractivity contribution in [1.29, 1.82) is 0 Å². The molecule has 0 bridgehead atoms. The molecule has 1 aromatic carbocycles. The van der Waals surface area contributed by atoms with Gasteiger partial charge in [-0.1, -0.05) is 0 Å². The molecule has 0 saturated heterocycles. The van der Waals surface area contributed by atoms with Gasteiger partial charge in [0.2, 0.25) is 0 Å². The van der Waals surface area contributed by atoms with Gasteiger partial charge in [0.25, 0.3) is 5.91 Å². The summed E-state index contributed by atoms with van der Waals surface area (Å²) in [4.78, 5) is 14.1. The molecule has 0 aliphatic rings. The van der Waals surface area contributed by atoms with Gasteiger partial charge in [-0.2, -0.15) is 0 Å². The van der Waals surface area contributed by atoms with Crippen molar-refractivity contribution in [3.63, 3.8) is 0 Å². The highest BCUT2D eigenvalue weighted by atomic mass is 16.5. The number of nitrogens with one attached hydrogen (secondary N) is 1. The Morgan fingerprint density at radius 3 is 2.50 bits per heavy atom. The molecule has 0 aromatic heterocycles. The van der Waals surface area contributed by atoms with Crippen LogP contribution in [0.15, 0.2) is 24.3 Å².